The normalized spacial score (nSPS) is 16.2. The Balaban J connectivity index is 1.78. The largest absolute Gasteiger partial charge is 0.463 e. The van der Waals surface area contributed by atoms with Gasteiger partial charge >= 0.3 is 12.0 Å². The van der Waals surface area contributed by atoms with Crippen LogP contribution in [0.3, 0.4) is 0 Å². The van der Waals surface area contributed by atoms with Crippen molar-refractivity contribution >= 4 is 33.8 Å². The molecular weight excluding hydrogens is 404 g/mol. The van der Waals surface area contributed by atoms with Crippen LogP contribution in [0, 0.1) is 0 Å². The molecule has 160 valence electrons. The highest BCUT2D eigenvalue weighted by Gasteiger charge is 2.34. The second-order valence-electron chi connectivity index (χ2n) is 7.65. The second kappa shape index (κ2) is 7.85. The summed E-state index contributed by atoms with van der Waals surface area (Å²) < 4.78 is 5.27. The third-order valence-electron chi connectivity index (χ3n) is 5.62. The monoisotopic (exact) mass is 426 g/mol. The Morgan fingerprint density at radius 1 is 1.06 bits per heavy atom. The van der Waals surface area contributed by atoms with Crippen LogP contribution in [-0.2, 0) is 9.53 Å². The third-order valence-corrected chi connectivity index (χ3v) is 5.62. The number of carbonyl (C=O) groups excluding carboxylic acids is 2. The van der Waals surface area contributed by atoms with Crippen LogP contribution in [0.15, 0.2) is 71.9 Å². The van der Waals surface area contributed by atoms with Crippen LogP contribution in [-0.4, -0.2) is 28.6 Å². The maximum atomic E-state index is 12.8. The summed E-state index contributed by atoms with van der Waals surface area (Å²) in [7, 11) is 0. The van der Waals surface area contributed by atoms with Gasteiger partial charge in [0.2, 0.25) is 0 Å². The molecule has 1 aliphatic heterocycles. The van der Waals surface area contributed by atoms with Crippen LogP contribution in [0.4, 0.5) is 4.79 Å². The topological polar surface area (TPSA) is 96.1 Å². The second-order valence-corrected chi connectivity index (χ2v) is 7.65. The molecule has 1 aliphatic rings. The Labute approximate surface area is 184 Å². The fourth-order valence-corrected chi connectivity index (χ4v) is 4.21. The number of benzene rings is 2. The first kappa shape index (κ1) is 19.8. The number of ether oxygens (including phenoxy) is 1. The molecule has 0 saturated carbocycles. The number of hydrogen-bond acceptors (Lipinski definition) is 4. The van der Waals surface area contributed by atoms with E-state index < -0.39 is 12.0 Å². The zero-order valence-electron chi connectivity index (χ0n) is 17.7. The van der Waals surface area contributed by atoms with Crippen molar-refractivity contribution in [2.75, 3.05) is 6.61 Å². The number of allylic oxidation sites excluding steroid dienone is 1. The quantitative estimate of drug-likeness (QED) is 0.417. The van der Waals surface area contributed by atoms with E-state index in [2.05, 4.69) is 15.6 Å². The lowest BCUT2D eigenvalue weighted by molar-refractivity contribution is -0.139. The van der Waals surface area contributed by atoms with Crippen molar-refractivity contribution in [3.63, 3.8) is 0 Å². The molecule has 0 spiro atoms. The van der Waals surface area contributed by atoms with E-state index in [0.717, 1.165) is 33.1 Å². The van der Waals surface area contributed by atoms with Gasteiger partial charge in [-0.2, -0.15) is 0 Å². The van der Waals surface area contributed by atoms with Gasteiger partial charge < -0.3 is 20.4 Å². The summed E-state index contributed by atoms with van der Waals surface area (Å²) in [4.78, 5) is 33.5. The predicted molar refractivity (Wildman–Crippen MR) is 123 cm³/mol. The van der Waals surface area contributed by atoms with Crippen molar-refractivity contribution in [2.24, 2.45) is 0 Å². The number of fused-ring (bicyclic) bond motifs is 3. The van der Waals surface area contributed by atoms with Gasteiger partial charge in [0.1, 0.15) is 6.04 Å². The molecule has 3 heterocycles. The van der Waals surface area contributed by atoms with Gasteiger partial charge in [0, 0.05) is 27.5 Å². The Hall–Kier alpha value is -4.13. The fourth-order valence-electron chi connectivity index (χ4n) is 4.21. The van der Waals surface area contributed by atoms with Gasteiger partial charge in [-0.25, -0.2) is 14.6 Å². The summed E-state index contributed by atoms with van der Waals surface area (Å²) in [6, 6.07) is 18.7. The number of nitrogens with one attached hydrogen (secondary N) is 3. The number of hydrogen-bond donors (Lipinski definition) is 3. The van der Waals surface area contributed by atoms with E-state index in [9.17, 15) is 9.59 Å². The Bertz CT molecular complexity index is 1390. The maximum Gasteiger partial charge on any atom is 0.338 e. The highest BCUT2D eigenvalue weighted by Crippen LogP contribution is 2.36. The first-order valence-corrected chi connectivity index (χ1v) is 10.5. The average Bonchev–Trinajstić information content (AvgIpc) is 3.17. The molecule has 1 atom stereocenters. The fraction of sp³-hybridized carbons (Fsp3) is 0.160. The standard InChI is InChI=1S/C25H22N4O3/c1-3-32-24(30)20-14(2)26-25(31)29-23(20)19-13-17-16-11-7-8-12-18(16)27-22(17)21(28-19)15-9-5-4-6-10-15/h4-13,23,27H,3H2,1-2H3,(H2,26,29,31). The first-order chi connectivity index (χ1) is 15.6. The highest BCUT2D eigenvalue weighted by atomic mass is 16.5. The Kier molecular flexibility index (Phi) is 4.86. The van der Waals surface area contributed by atoms with Crippen molar-refractivity contribution in [3.8, 4) is 11.3 Å². The molecule has 7 nitrogen and oxygen atoms in total. The maximum absolute atomic E-state index is 12.8. The summed E-state index contributed by atoms with van der Waals surface area (Å²) >= 11 is 0. The van der Waals surface area contributed by atoms with Crippen molar-refractivity contribution in [2.45, 2.75) is 19.9 Å². The molecule has 0 bridgehead atoms. The van der Waals surface area contributed by atoms with Gasteiger partial charge in [-0.15, -0.1) is 0 Å². The average molecular weight is 426 g/mol. The lowest BCUT2D eigenvalue weighted by Gasteiger charge is -2.27. The molecule has 4 aromatic rings. The number of aromatic nitrogens is 2. The van der Waals surface area contributed by atoms with Gasteiger partial charge in [0.15, 0.2) is 0 Å². The number of amides is 2. The summed E-state index contributed by atoms with van der Waals surface area (Å²) in [5.74, 6) is -0.482. The van der Waals surface area contributed by atoms with Gasteiger partial charge in [0.05, 0.1) is 29.1 Å². The van der Waals surface area contributed by atoms with E-state index >= 15 is 0 Å². The molecule has 0 radical (unpaired) electrons. The third kappa shape index (κ3) is 3.28. The predicted octanol–water partition coefficient (Wildman–Crippen LogP) is 4.57. The lowest BCUT2D eigenvalue weighted by Crippen LogP contribution is -2.45. The smallest absolute Gasteiger partial charge is 0.338 e. The number of para-hydroxylation sites is 1. The molecule has 3 N–H and O–H groups in total. The van der Waals surface area contributed by atoms with Crippen LogP contribution in [0.2, 0.25) is 0 Å². The summed E-state index contributed by atoms with van der Waals surface area (Å²) in [5.41, 5.74) is 4.95. The number of esters is 1. The zero-order chi connectivity index (χ0) is 22.2. The molecule has 32 heavy (non-hydrogen) atoms. The van der Waals surface area contributed by atoms with Crippen LogP contribution >= 0.6 is 0 Å². The van der Waals surface area contributed by atoms with Gasteiger partial charge in [0.25, 0.3) is 0 Å². The van der Waals surface area contributed by atoms with E-state index in [0.29, 0.717) is 17.0 Å². The minimum atomic E-state index is -0.733. The van der Waals surface area contributed by atoms with Crippen molar-refractivity contribution in [1.82, 2.24) is 20.6 Å². The van der Waals surface area contributed by atoms with Gasteiger partial charge in [-0.05, 0) is 26.0 Å². The number of pyridine rings is 1. The van der Waals surface area contributed by atoms with Crippen LogP contribution < -0.4 is 10.6 Å². The molecule has 2 aromatic heterocycles. The van der Waals surface area contributed by atoms with E-state index in [4.69, 9.17) is 9.72 Å². The van der Waals surface area contributed by atoms with Gasteiger partial charge in [-0.3, -0.25) is 0 Å². The lowest BCUT2D eigenvalue weighted by atomic mass is 9.97. The summed E-state index contributed by atoms with van der Waals surface area (Å²) in [5, 5.41) is 7.54. The number of carbonyl (C=O) groups is 2. The van der Waals surface area contributed by atoms with Crippen molar-refractivity contribution in [3.05, 3.63) is 77.6 Å². The summed E-state index contributed by atoms with van der Waals surface area (Å²) in [6.45, 7) is 3.68. The summed E-state index contributed by atoms with van der Waals surface area (Å²) in [6.07, 6.45) is 0. The number of nitrogens with zero attached hydrogens (tertiary/aromatic N) is 1. The van der Waals surface area contributed by atoms with E-state index in [1.165, 1.54) is 0 Å². The van der Waals surface area contributed by atoms with E-state index in [1.807, 2.05) is 60.7 Å². The van der Waals surface area contributed by atoms with Crippen LogP contribution in [0.1, 0.15) is 25.6 Å². The molecule has 2 aromatic carbocycles. The number of urea groups is 1. The van der Waals surface area contributed by atoms with Crippen molar-refractivity contribution < 1.29 is 14.3 Å². The molecule has 0 saturated heterocycles. The highest BCUT2D eigenvalue weighted by molar-refractivity contribution is 6.11. The van der Waals surface area contributed by atoms with Crippen molar-refractivity contribution in [1.29, 1.82) is 0 Å². The number of H-pyrrole nitrogens is 1. The number of aromatic amines is 1. The molecule has 2 amide bonds. The zero-order valence-corrected chi connectivity index (χ0v) is 17.7. The van der Waals surface area contributed by atoms with Crippen LogP contribution in [0.5, 0.6) is 0 Å². The molecule has 1 unspecified atom stereocenters. The van der Waals surface area contributed by atoms with Crippen LogP contribution in [0.25, 0.3) is 33.1 Å². The molecular formula is C25H22N4O3. The van der Waals surface area contributed by atoms with E-state index in [-0.39, 0.29) is 12.6 Å². The SMILES string of the molecule is CCOC(=O)C1=C(C)NC(=O)NC1c1cc2c([nH]c3ccccc32)c(-c2ccccc2)n1. The minimum Gasteiger partial charge on any atom is -0.463 e. The first-order valence-electron chi connectivity index (χ1n) is 10.5. The molecule has 7 heteroatoms. The molecule has 5 rings (SSSR count). The minimum absolute atomic E-state index is 0.237. The number of rotatable bonds is 4. The van der Waals surface area contributed by atoms with E-state index in [1.54, 1.807) is 13.8 Å². The molecule has 0 aliphatic carbocycles. The van der Waals surface area contributed by atoms with Gasteiger partial charge in [-0.1, -0.05) is 48.5 Å². The molecule has 0 fully saturated rings. The Morgan fingerprint density at radius 2 is 1.81 bits per heavy atom. The Morgan fingerprint density at radius 3 is 2.59 bits per heavy atom.